The Labute approximate surface area is 124 Å². The van der Waals surface area contributed by atoms with E-state index < -0.39 is 5.82 Å². The van der Waals surface area contributed by atoms with Crippen molar-refractivity contribution >= 4 is 17.3 Å². The molecule has 1 aromatic carbocycles. The molecule has 21 heavy (non-hydrogen) atoms. The highest BCUT2D eigenvalue weighted by atomic mass is 19.1. The second-order valence-electron chi connectivity index (χ2n) is 5.76. The number of nitrogens with one attached hydrogen (secondary N) is 1. The van der Waals surface area contributed by atoms with Crippen LogP contribution in [0.1, 0.15) is 12.8 Å². The third-order valence-electron chi connectivity index (χ3n) is 3.87. The van der Waals surface area contributed by atoms with Crippen molar-refractivity contribution in [2.24, 2.45) is 0 Å². The lowest BCUT2D eigenvalue weighted by atomic mass is 10.2. The fourth-order valence-corrected chi connectivity index (χ4v) is 2.71. The van der Waals surface area contributed by atoms with Gasteiger partial charge in [-0.1, -0.05) is 0 Å². The van der Waals surface area contributed by atoms with E-state index in [9.17, 15) is 9.18 Å². The minimum atomic E-state index is -0.476. The minimum Gasteiger partial charge on any atom is -0.399 e. The number of halogens is 1. The van der Waals surface area contributed by atoms with E-state index >= 15 is 0 Å². The highest BCUT2D eigenvalue weighted by Gasteiger charge is 2.22. The smallest absolute Gasteiger partial charge is 0.238 e. The first-order chi connectivity index (χ1) is 9.95. The van der Waals surface area contributed by atoms with Crippen molar-refractivity contribution in [3.8, 4) is 0 Å². The first kappa shape index (κ1) is 15.7. The van der Waals surface area contributed by atoms with Gasteiger partial charge in [0, 0.05) is 18.3 Å². The van der Waals surface area contributed by atoms with E-state index in [1.165, 1.54) is 24.6 Å². The van der Waals surface area contributed by atoms with Gasteiger partial charge >= 0.3 is 0 Å². The number of hydrogen-bond donors (Lipinski definition) is 2. The van der Waals surface area contributed by atoms with Gasteiger partial charge in [-0.25, -0.2) is 4.39 Å². The molecule has 1 amide bonds. The van der Waals surface area contributed by atoms with Crippen molar-refractivity contribution in [1.29, 1.82) is 0 Å². The molecule has 0 bridgehead atoms. The Balaban J connectivity index is 1.85. The lowest BCUT2D eigenvalue weighted by Crippen LogP contribution is -2.40. The third kappa shape index (κ3) is 4.41. The molecule has 2 rings (SSSR count). The Bertz CT molecular complexity index is 508. The summed E-state index contributed by atoms with van der Waals surface area (Å²) in [6.07, 6.45) is 2.36. The number of benzene rings is 1. The quantitative estimate of drug-likeness (QED) is 0.805. The maximum Gasteiger partial charge on any atom is 0.238 e. The van der Waals surface area contributed by atoms with Crippen molar-refractivity contribution < 1.29 is 9.18 Å². The number of likely N-dealkylation sites (tertiary alicyclic amines) is 1. The molecule has 3 N–H and O–H groups in total. The van der Waals surface area contributed by atoms with Crippen LogP contribution in [0.25, 0.3) is 0 Å². The summed E-state index contributed by atoms with van der Waals surface area (Å²) in [4.78, 5) is 16.2. The van der Waals surface area contributed by atoms with Gasteiger partial charge < -0.3 is 16.0 Å². The summed E-state index contributed by atoms with van der Waals surface area (Å²) in [6, 6.07) is 4.64. The SMILES string of the molecule is CN(CC(=O)Nc1cc(N)ccc1F)CC1CCCN1C. The third-order valence-corrected chi connectivity index (χ3v) is 3.87. The van der Waals surface area contributed by atoms with Crippen LogP contribution in [0.4, 0.5) is 15.8 Å². The lowest BCUT2D eigenvalue weighted by Gasteiger charge is -2.25. The maximum absolute atomic E-state index is 13.6. The number of nitrogen functional groups attached to an aromatic ring is 1. The van der Waals surface area contributed by atoms with Gasteiger partial charge in [0.05, 0.1) is 12.2 Å². The molecule has 1 aliphatic rings. The molecule has 1 unspecified atom stereocenters. The summed E-state index contributed by atoms with van der Waals surface area (Å²) in [5.41, 5.74) is 6.15. The predicted octanol–water partition coefficient (Wildman–Crippen LogP) is 1.37. The molecule has 0 radical (unpaired) electrons. The van der Waals surface area contributed by atoms with Gasteiger partial charge in [-0.05, 0) is 51.7 Å². The fraction of sp³-hybridized carbons (Fsp3) is 0.533. The highest BCUT2D eigenvalue weighted by molar-refractivity contribution is 5.92. The summed E-state index contributed by atoms with van der Waals surface area (Å²) in [5, 5.41) is 2.57. The number of nitrogens with zero attached hydrogens (tertiary/aromatic N) is 2. The summed E-state index contributed by atoms with van der Waals surface area (Å²) in [7, 11) is 4.01. The van der Waals surface area contributed by atoms with E-state index in [1.807, 2.05) is 11.9 Å². The van der Waals surface area contributed by atoms with Gasteiger partial charge in [0.2, 0.25) is 5.91 Å². The molecule has 1 saturated heterocycles. The van der Waals surface area contributed by atoms with Gasteiger partial charge in [-0.3, -0.25) is 9.69 Å². The molecular formula is C15H23FN4O. The summed E-state index contributed by atoms with van der Waals surface area (Å²) in [6.45, 7) is 2.18. The molecule has 6 heteroatoms. The average Bonchev–Trinajstić information content (AvgIpc) is 2.79. The van der Waals surface area contributed by atoms with Gasteiger partial charge in [0.25, 0.3) is 0 Å². The van der Waals surface area contributed by atoms with E-state index in [2.05, 4.69) is 17.3 Å². The molecule has 116 valence electrons. The first-order valence-corrected chi connectivity index (χ1v) is 7.19. The number of likely N-dealkylation sites (N-methyl/N-ethyl adjacent to an activating group) is 2. The second-order valence-corrected chi connectivity index (χ2v) is 5.76. The zero-order chi connectivity index (χ0) is 15.4. The monoisotopic (exact) mass is 294 g/mol. The average molecular weight is 294 g/mol. The molecule has 1 aliphatic heterocycles. The number of rotatable bonds is 5. The van der Waals surface area contributed by atoms with Crippen LogP contribution < -0.4 is 11.1 Å². The van der Waals surface area contributed by atoms with E-state index in [4.69, 9.17) is 5.73 Å². The van der Waals surface area contributed by atoms with Gasteiger partial charge in [-0.15, -0.1) is 0 Å². The molecule has 1 fully saturated rings. The van der Waals surface area contributed by atoms with E-state index in [0.717, 1.165) is 19.5 Å². The standard InChI is InChI=1S/C15H23FN4O/c1-19(9-12-4-3-7-20(12)2)10-15(21)18-14-8-11(17)5-6-13(14)16/h5-6,8,12H,3-4,7,9-10,17H2,1-2H3,(H,18,21). The Morgan fingerprint density at radius 3 is 3.00 bits per heavy atom. The Morgan fingerprint density at radius 1 is 1.57 bits per heavy atom. The Morgan fingerprint density at radius 2 is 2.33 bits per heavy atom. The highest BCUT2D eigenvalue weighted by Crippen LogP contribution is 2.18. The number of carbonyl (C=O) groups is 1. The van der Waals surface area contributed by atoms with Crippen LogP contribution in [0.5, 0.6) is 0 Å². The first-order valence-electron chi connectivity index (χ1n) is 7.19. The normalized spacial score (nSPS) is 19.1. The number of carbonyl (C=O) groups excluding carboxylic acids is 1. The maximum atomic E-state index is 13.6. The van der Waals surface area contributed by atoms with Crippen LogP contribution in [0.15, 0.2) is 18.2 Å². The summed E-state index contributed by atoms with van der Waals surface area (Å²) in [5.74, 6) is -0.710. The largest absolute Gasteiger partial charge is 0.399 e. The zero-order valence-electron chi connectivity index (χ0n) is 12.6. The van der Waals surface area contributed by atoms with Crippen molar-refractivity contribution in [1.82, 2.24) is 9.80 Å². The number of nitrogens with two attached hydrogens (primary N) is 1. The minimum absolute atomic E-state index is 0.131. The fourth-order valence-electron chi connectivity index (χ4n) is 2.71. The summed E-state index contributed by atoms with van der Waals surface area (Å²) < 4.78 is 13.6. The van der Waals surface area contributed by atoms with Crippen LogP contribution >= 0.6 is 0 Å². The van der Waals surface area contributed by atoms with Crippen LogP contribution in [0.2, 0.25) is 0 Å². The van der Waals surface area contributed by atoms with E-state index in [-0.39, 0.29) is 18.1 Å². The van der Waals surface area contributed by atoms with Crippen LogP contribution in [-0.4, -0.2) is 55.5 Å². The van der Waals surface area contributed by atoms with Crippen molar-refractivity contribution in [2.75, 3.05) is 44.8 Å². The Kier molecular flexibility index (Phi) is 5.14. The van der Waals surface area contributed by atoms with Gasteiger partial charge in [0.15, 0.2) is 0 Å². The topological polar surface area (TPSA) is 61.6 Å². The van der Waals surface area contributed by atoms with Crippen LogP contribution in [0, 0.1) is 5.82 Å². The molecular weight excluding hydrogens is 271 g/mol. The van der Waals surface area contributed by atoms with Crippen molar-refractivity contribution in [2.45, 2.75) is 18.9 Å². The zero-order valence-corrected chi connectivity index (χ0v) is 12.6. The van der Waals surface area contributed by atoms with Crippen molar-refractivity contribution in [3.05, 3.63) is 24.0 Å². The van der Waals surface area contributed by atoms with E-state index in [0.29, 0.717) is 11.7 Å². The molecule has 1 aromatic rings. The number of hydrogen-bond acceptors (Lipinski definition) is 4. The molecule has 0 aliphatic carbocycles. The van der Waals surface area contributed by atoms with Crippen LogP contribution in [0.3, 0.4) is 0 Å². The molecule has 1 heterocycles. The molecule has 5 nitrogen and oxygen atoms in total. The Hall–Kier alpha value is -1.66. The van der Waals surface area contributed by atoms with Gasteiger partial charge in [0.1, 0.15) is 5.82 Å². The number of anilines is 2. The number of amides is 1. The van der Waals surface area contributed by atoms with E-state index in [1.54, 1.807) is 0 Å². The second kappa shape index (κ2) is 6.87. The molecule has 0 saturated carbocycles. The summed E-state index contributed by atoms with van der Waals surface area (Å²) >= 11 is 0. The predicted molar refractivity (Wildman–Crippen MR) is 82.6 cm³/mol. The van der Waals surface area contributed by atoms with Crippen LogP contribution in [-0.2, 0) is 4.79 Å². The molecule has 0 aromatic heterocycles. The lowest BCUT2D eigenvalue weighted by molar-refractivity contribution is -0.117. The van der Waals surface area contributed by atoms with Crippen molar-refractivity contribution in [3.63, 3.8) is 0 Å². The molecule has 1 atom stereocenters. The van der Waals surface area contributed by atoms with Gasteiger partial charge in [-0.2, -0.15) is 0 Å². The molecule has 0 spiro atoms.